The minimum Gasteiger partial charge on any atom is -0.481 e. The topological polar surface area (TPSA) is 84.5 Å². The van der Waals surface area contributed by atoms with Gasteiger partial charge in [-0.15, -0.1) is 0 Å². The van der Waals surface area contributed by atoms with Gasteiger partial charge in [0.15, 0.2) is 6.10 Å². The number of hydrogen-bond donors (Lipinski definition) is 2. The lowest BCUT2D eigenvalue weighted by Gasteiger charge is -2.16. The number of benzene rings is 2. The Morgan fingerprint density at radius 1 is 0.960 bits per heavy atom. The van der Waals surface area contributed by atoms with E-state index in [-0.39, 0.29) is 16.8 Å². The summed E-state index contributed by atoms with van der Waals surface area (Å²) in [5.41, 5.74) is 0.488. The molecule has 0 unspecified atom stereocenters. The summed E-state index contributed by atoms with van der Waals surface area (Å²) in [4.78, 5) is 12.0. The van der Waals surface area contributed by atoms with Crippen LogP contribution < -0.4 is 14.8 Å². The van der Waals surface area contributed by atoms with E-state index in [2.05, 4.69) is 10.0 Å². The van der Waals surface area contributed by atoms with Crippen LogP contribution in [0.4, 0.5) is 5.69 Å². The molecule has 0 aliphatic rings. The van der Waals surface area contributed by atoms with E-state index < -0.39 is 16.1 Å². The van der Waals surface area contributed by atoms with Crippen molar-refractivity contribution in [1.29, 1.82) is 0 Å². The fourth-order valence-corrected chi connectivity index (χ4v) is 3.14. The number of amides is 1. The van der Waals surface area contributed by atoms with Gasteiger partial charge in [-0.1, -0.05) is 18.2 Å². The monoisotopic (exact) mass is 362 g/mol. The minimum atomic E-state index is -3.68. The number of carbonyl (C=O) groups is 1. The smallest absolute Gasteiger partial charge is 0.261 e. The van der Waals surface area contributed by atoms with E-state index in [1.807, 2.05) is 13.8 Å². The lowest BCUT2D eigenvalue weighted by molar-refractivity contribution is -0.127. The van der Waals surface area contributed by atoms with Crippen LogP contribution in [0.15, 0.2) is 59.5 Å². The summed E-state index contributed by atoms with van der Waals surface area (Å²) in [5, 5.41) is 2.76. The zero-order valence-electron chi connectivity index (χ0n) is 14.4. The number of hydrogen-bond acceptors (Lipinski definition) is 4. The second-order valence-electron chi connectivity index (χ2n) is 5.87. The molecule has 1 amide bonds. The van der Waals surface area contributed by atoms with Gasteiger partial charge in [0.05, 0.1) is 4.90 Å². The molecule has 2 rings (SSSR count). The van der Waals surface area contributed by atoms with E-state index in [0.29, 0.717) is 11.4 Å². The second-order valence-corrected chi connectivity index (χ2v) is 7.55. The molecule has 134 valence electrons. The summed E-state index contributed by atoms with van der Waals surface area (Å²) in [5.74, 6) is 0.197. The van der Waals surface area contributed by atoms with Crippen LogP contribution in [0.5, 0.6) is 5.75 Å². The number of sulfonamides is 1. The summed E-state index contributed by atoms with van der Waals surface area (Å²) < 4.78 is 32.7. The fraction of sp³-hybridized carbons (Fsp3) is 0.278. The molecular weight excluding hydrogens is 340 g/mol. The third-order valence-electron chi connectivity index (χ3n) is 3.27. The molecule has 0 aliphatic carbocycles. The molecule has 25 heavy (non-hydrogen) atoms. The van der Waals surface area contributed by atoms with Crippen LogP contribution in [0.2, 0.25) is 0 Å². The molecule has 0 spiro atoms. The Labute approximate surface area is 148 Å². The number of anilines is 1. The zero-order valence-corrected chi connectivity index (χ0v) is 15.2. The van der Waals surface area contributed by atoms with Crippen molar-refractivity contribution in [2.45, 2.75) is 37.8 Å². The number of rotatable bonds is 7. The van der Waals surface area contributed by atoms with Crippen LogP contribution in [0, 0.1) is 0 Å². The Kier molecular flexibility index (Phi) is 6.03. The van der Waals surface area contributed by atoms with Gasteiger partial charge >= 0.3 is 0 Å². The Morgan fingerprint density at radius 2 is 1.56 bits per heavy atom. The quantitative estimate of drug-likeness (QED) is 0.793. The van der Waals surface area contributed by atoms with E-state index in [1.165, 1.54) is 24.3 Å². The average Bonchev–Trinajstić information content (AvgIpc) is 2.55. The lowest BCUT2D eigenvalue weighted by Crippen LogP contribution is -2.40. The molecular formula is C18H22N2O4S. The molecule has 0 heterocycles. The molecule has 2 N–H and O–H groups in total. The highest BCUT2D eigenvalue weighted by Crippen LogP contribution is 2.20. The van der Waals surface area contributed by atoms with Crippen molar-refractivity contribution in [2.75, 3.05) is 4.72 Å². The van der Waals surface area contributed by atoms with E-state index in [0.717, 1.165) is 0 Å². The zero-order chi connectivity index (χ0) is 18.4. The first-order chi connectivity index (χ1) is 11.8. The molecule has 0 radical (unpaired) electrons. The van der Waals surface area contributed by atoms with E-state index in [1.54, 1.807) is 37.3 Å². The molecule has 0 bridgehead atoms. The van der Waals surface area contributed by atoms with Gasteiger partial charge in [0.2, 0.25) is 0 Å². The molecule has 1 atom stereocenters. The van der Waals surface area contributed by atoms with Gasteiger partial charge in [0.1, 0.15) is 5.75 Å². The molecule has 0 fully saturated rings. The van der Waals surface area contributed by atoms with Crippen molar-refractivity contribution in [2.24, 2.45) is 0 Å². The molecule has 0 aromatic heterocycles. The predicted molar refractivity (Wildman–Crippen MR) is 97.1 cm³/mol. The first kappa shape index (κ1) is 18.8. The first-order valence-electron chi connectivity index (χ1n) is 7.93. The first-order valence-corrected chi connectivity index (χ1v) is 9.41. The van der Waals surface area contributed by atoms with Gasteiger partial charge in [0, 0.05) is 11.7 Å². The Balaban J connectivity index is 2.05. The Morgan fingerprint density at radius 3 is 2.12 bits per heavy atom. The Hall–Kier alpha value is -2.54. The maximum Gasteiger partial charge on any atom is 0.261 e. The van der Waals surface area contributed by atoms with Crippen molar-refractivity contribution in [3.63, 3.8) is 0 Å². The SMILES string of the molecule is CC(C)NC(=O)[C@@H](C)Oc1ccc(S(=O)(=O)Nc2ccccc2)cc1. The van der Waals surface area contributed by atoms with E-state index in [4.69, 9.17) is 4.74 Å². The van der Waals surface area contributed by atoms with Gasteiger partial charge < -0.3 is 10.1 Å². The van der Waals surface area contributed by atoms with Crippen LogP contribution in [0.3, 0.4) is 0 Å². The molecule has 2 aromatic rings. The fourth-order valence-electron chi connectivity index (χ4n) is 2.08. The second kappa shape index (κ2) is 8.02. The maximum atomic E-state index is 12.3. The molecule has 6 nitrogen and oxygen atoms in total. The lowest BCUT2D eigenvalue weighted by atomic mass is 10.3. The highest BCUT2D eigenvalue weighted by Gasteiger charge is 2.17. The number of ether oxygens (including phenoxy) is 1. The summed E-state index contributed by atoms with van der Waals surface area (Å²) in [6, 6.07) is 14.6. The minimum absolute atomic E-state index is 0.0233. The van der Waals surface area contributed by atoms with Crippen LogP contribution in [0.25, 0.3) is 0 Å². The normalized spacial score (nSPS) is 12.5. The summed E-state index contributed by atoms with van der Waals surface area (Å²) >= 11 is 0. The number of nitrogens with one attached hydrogen (secondary N) is 2. The van der Waals surface area contributed by atoms with Crippen molar-refractivity contribution < 1.29 is 17.9 Å². The van der Waals surface area contributed by atoms with Crippen molar-refractivity contribution in [1.82, 2.24) is 5.32 Å². The highest BCUT2D eigenvalue weighted by molar-refractivity contribution is 7.92. The third kappa shape index (κ3) is 5.49. The standard InChI is InChI=1S/C18H22N2O4S/c1-13(2)19-18(21)14(3)24-16-9-11-17(12-10-16)25(22,23)20-15-7-5-4-6-8-15/h4-14,20H,1-3H3,(H,19,21)/t14-/m1/s1. The van der Waals surface area contributed by atoms with Gasteiger partial charge in [-0.3, -0.25) is 9.52 Å². The molecule has 2 aromatic carbocycles. The van der Waals surface area contributed by atoms with E-state index >= 15 is 0 Å². The predicted octanol–water partition coefficient (Wildman–Crippen LogP) is 2.78. The average molecular weight is 362 g/mol. The van der Waals surface area contributed by atoms with E-state index in [9.17, 15) is 13.2 Å². The Bertz CT molecular complexity index is 803. The highest BCUT2D eigenvalue weighted by atomic mass is 32.2. The number of para-hydroxylation sites is 1. The summed E-state index contributed by atoms with van der Waals surface area (Å²) in [7, 11) is -3.68. The molecule has 7 heteroatoms. The largest absolute Gasteiger partial charge is 0.481 e. The van der Waals surface area contributed by atoms with Crippen LogP contribution >= 0.6 is 0 Å². The van der Waals surface area contributed by atoms with Gasteiger partial charge in [-0.2, -0.15) is 0 Å². The van der Waals surface area contributed by atoms with Crippen molar-refractivity contribution >= 4 is 21.6 Å². The molecule has 0 saturated carbocycles. The van der Waals surface area contributed by atoms with Gasteiger partial charge in [-0.25, -0.2) is 8.42 Å². The van der Waals surface area contributed by atoms with Crippen LogP contribution in [-0.2, 0) is 14.8 Å². The van der Waals surface area contributed by atoms with Crippen molar-refractivity contribution in [3.05, 3.63) is 54.6 Å². The maximum absolute atomic E-state index is 12.3. The number of carbonyl (C=O) groups excluding carboxylic acids is 1. The van der Waals surface area contributed by atoms with Crippen molar-refractivity contribution in [3.8, 4) is 5.75 Å². The van der Waals surface area contributed by atoms with Gasteiger partial charge in [0.25, 0.3) is 15.9 Å². The summed E-state index contributed by atoms with van der Waals surface area (Å²) in [6.07, 6.45) is -0.674. The van der Waals surface area contributed by atoms with Gasteiger partial charge in [-0.05, 0) is 57.2 Å². The third-order valence-corrected chi connectivity index (χ3v) is 4.67. The van der Waals surface area contributed by atoms with Crippen LogP contribution in [0.1, 0.15) is 20.8 Å². The molecule has 0 saturated heterocycles. The summed E-state index contributed by atoms with van der Waals surface area (Å²) in [6.45, 7) is 5.37. The van der Waals surface area contributed by atoms with Crippen LogP contribution in [-0.4, -0.2) is 26.5 Å². The molecule has 0 aliphatic heterocycles.